The lowest BCUT2D eigenvalue weighted by Crippen LogP contribution is -2.36. The number of benzene rings is 1. The SMILES string of the molecule is CCNC(=NCc1ccc(Cl)nc1)NCc1cccc(OCC)c1OC(F)F. The van der Waals surface area contributed by atoms with Crippen molar-refractivity contribution in [3.63, 3.8) is 0 Å². The molecular weight excluding hydrogens is 390 g/mol. The summed E-state index contributed by atoms with van der Waals surface area (Å²) < 4.78 is 35.7. The zero-order valence-corrected chi connectivity index (χ0v) is 16.5. The van der Waals surface area contributed by atoms with E-state index in [1.165, 1.54) is 0 Å². The van der Waals surface area contributed by atoms with Gasteiger partial charge in [-0.3, -0.25) is 0 Å². The van der Waals surface area contributed by atoms with Gasteiger partial charge < -0.3 is 20.1 Å². The second-order valence-corrected chi connectivity index (χ2v) is 5.98. The van der Waals surface area contributed by atoms with Crippen molar-refractivity contribution in [2.75, 3.05) is 13.2 Å². The van der Waals surface area contributed by atoms with E-state index in [4.69, 9.17) is 16.3 Å². The lowest BCUT2D eigenvalue weighted by molar-refractivity contribution is -0.0520. The second-order valence-electron chi connectivity index (χ2n) is 5.59. The summed E-state index contributed by atoms with van der Waals surface area (Å²) in [7, 11) is 0. The van der Waals surface area contributed by atoms with Gasteiger partial charge in [0, 0.05) is 24.8 Å². The fraction of sp³-hybridized carbons (Fsp3) is 0.368. The molecule has 0 radical (unpaired) electrons. The molecule has 2 rings (SSSR count). The maximum absolute atomic E-state index is 12.8. The van der Waals surface area contributed by atoms with Crippen LogP contribution in [0.1, 0.15) is 25.0 Å². The number of rotatable bonds is 9. The first kappa shape index (κ1) is 21.7. The van der Waals surface area contributed by atoms with Crippen LogP contribution in [0.25, 0.3) is 0 Å². The molecule has 0 amide bonds. The molecule has 0 aliphatic carbocycles. The number of aliphatic imine (C=N–C) groups is 1. The third-order valence-electron chi connectivity index (χ3n) is 3.57. The summed E-state index contributed by atoms with van der Waals surface area (Å²) in [6.07, 6.45) is 1.65. The number of guanidine groups is 1. The van der Waals surface area contributed by atoms with Gasteiger partial charge in [-0.15, -0.1) is 0 Å². The van der Waals surface area contributed by atoms with Crippen LogP contribution in [0.4, 0.5) is 8.78 Å². The van der Waals surface area contributed by atoms with Crippen LogP contribution in [-0.2, 0) is 13.1 Å². The molecule has 0 atom stereocenters. The Bertz CT molecular complexity index is 773. The van der Waals surface area contributed by atoms with E-state index in [9.17, 15) is 8.78 Å². The minimum Gasteiger partial charge on any atom is -0.490 e. The Morgan fingerprint density at radius 3 is 2.68 bits per heavy atom. The average Bonchev–Trinajstić information content (AvgIpc) is 2.67. The number of aromatic nitrogens is 1. The fourth-order valence-corrected chi connectivity index (χ4v) is 2.50. The number of pyridine rings is 1. The van der Waals surface area contributed by atoms with Crippen LogP contribution < -0.4 is 20.1 Å². The van der Waals surface area contributed by atoms with Gasteiger partial charge in [0.15, 0.2) is 17.5 Å². The van der Waals surface area contributed by atoms with Crippen molar-refractivity contribution in [2.45, 2.75) is 33.5 Å². The van der Waals surface area contributed by atoms with Crippen LogP contribution in [0.15, 0.2) is 41.5 Å². The molecule has 0 saturated heterocycles. The summed E-state index contributed by atoms with van der Waals surface area (Å²) >= 11 is 5.78. The number of hydrogen-bond donors (Lipinski definition) is 2. The number of halogens is 3. The molecule has 0 unspecified atom stereocenters. The molecule has 0 aliphatic rings. The van der Waals surface area contributed by atoms with E-state index >= 15 is 0 Å². The van der Waals surface area contributed by atoms with Crippen molar-refractivity contribution in [2.24, 2.45) is 4.99 Å². The normalized spacial score (nSPS) is 11.4. The van der Waals surface area contributed by atoms with Gasteiger partial charge >= 0.3 is 6.61 Å². The molecule has 1 aromatic heterocycles. The lowest BCUT2D eigenvalue weighted by atomic mass is 10.2. The van der Waals surface area contributed by atoms with Gasteiger partial charge in [0.25, 0.3) is 0 Å². The van der Waals surface area contributed by atoms with Crippen LogP contribution >= 0.6 is 11.6 Å². The lowest BCUT2D eigenvalue weighted by Gasteiger charge is -2.17. The molecule has 28 heavy (non-hydrogen) atoms. The van der Waals surface area contributed by atoms with Gasteiger partial charge in [0.1, 0.15) is 5.15 Å². The van der Waals surface area contributed by atoms with Crippen LogP contribution in [-0.4, -0.2) is 30.7 Å². The molecule has 1 aromatic carbocycles. The molecule has 0 saturated carbocycles. The standard InChI is InChI=1S/C19H23ClF2N4O2/c1-3-23-19(25-11-13-8-9-16(20)24-10-13)26-12-14-6-5-7-15(27-4-2)17(14)28-18(21)22/h5-10,18H,3-4,11-12H2,1-2H3,(H2,23,25,26). The third-order valence-corrected chi connectivity index (χ3v) is 3.79. The minimum absolute atomic E-state index is 0.0181. The maximum atomic E-state index is 12.8. The van der Waals surface area contributed by atoms with E-state index in [-0.39, 0.29) is 18.0 Å². The van der Waals surface area contributed by atoms with Crippen LogP contribution in [0.2, 0.25) is 5.15 Å². The highest BCUT2D eigenvalue weighted by Crippen LogP contribution is 2.32. The summed E-state index contributed by atoms with van der Waals surface area (Å²) in [4.78, 5) is 8.49. The molecule has 9 heteroatoms. The largest absolute Gasteiger partial charge is 0.490 e. The van der Waals surface area contributed by atoms with Crippen LogP contribution in [0.3, 0.4) is 0 Å². The molecular formula is C19H23ClF2N4O2. The van der Waals surface area contributed by atoms with E-state index in [0.29, 0.717) is 36.4 Å². The summed E-state index contributed by atoms with van der Waals surface area (Å²) in [5, 5.41) is 6.64. The molecule has 1 heterocycles. The number of para-hydroxylation sites is 1. The summed E-state index contributed by atoms with van der Waals surface area (Å²) in [5.74, 6) is 0.822. The van der Waals surface area contributed by atoms with Crippen molar-refractivity contribution in [1.29, 1.82) is 0 Å². The summed E-state index contributed by atoms with van der Waals surface area (Å²) in [6, 6.07) is 8.55. The predicted octanol–water partition coefficient (Wildman–Crippen LogP) is 3.99. The molecule has 0 aliphatic heterocycles. The predicted molar refractivity (Wildman–Crippen MR) is 105 cm³/mol. The Morgan fingerprint density at radius 1 is 1.21 bits per heavy atom. The topological polar surface area (TPSA) is 67.8 Å². The first-order chi connectivity index (χ1) is 13.5. The summed E-state index contributed by atoms with van der Waals surface area (Å²) in [5.41, 5.74) is 1.42. The summed E-state index contributed by atoms with van der Waals surface area (Å²) in [6.45, 7) is 2.37. The van der Waals surface area contributed by atoms with Crippen molar-refractivity contribution < 1.29 is 18.3 Å². The van der Waals surface area contributed by atoms with E-state index in [0.717, 1.165) is 5.56 Å². The van der Waals surface area contributed by atoms with Gasteiger partial charge in [-0.05, 0) is 31.5 Å². The fourth-order valence-electron chi connectivity index (χ4n) is 2.38. The molecule has 6 nitrogen and oxygen atoms in total. The number of nitrogens with zero attached hydrogens (tertiary/aromatic N) is 2. The van der Waals surface area contributed by atoms with Gasteiger partial charge in [-0.1, -0.05) is 29.8 Å². The number of alkyl halides is 2. The molecule has 0 fully saturated rings. The average molecular weight is 413 g/mol. The highest BCUT2D eigenvalue weighted by Gasteiger charge is 2.16. The Balaban J connectivity index is 2.12. The first-order valence-electron chi connectivity index (χ1n) is 8.85. The van der Waals surface area contributed by atoms with Crippen molar-refractivity contribution >= 4 is 17.6 Å². The molecule has 0 bridgehead atoms. The highest BCUT2D eigenvalue weighted by molar-refractivity contribution is 6.29. The van der Waals surface area contributed by atoms with Gasteiger partial charge in [0.2, 0.25) is 0 Å². The van der Waals surface area contributed by atoms with Gasteiger partial charge in [0.05, 0.1) is 13.2 Å². The Hall–Kier alpha value is -2.61. The smallest absolute Gasteiger partial charge is 0.387 e. The van der Waals surface area contributed by atoms with Gasteiger partial charge in [-0.25, -0.2) is 9.98 Å². The maximum Gasteiger partial charge on any atom is 0.387 e. The zero-order valence-electron chi connectivity index (χ0n) is 15.7. The first-order valence-corrected chi connectivity index (χ1v) is 9.23. The van der Waals surface area contributed by atoms with Gasteiger partial charge in [-0.2, -0.15) is 8.78 Å². The highest BCUT2D eigenvalue weighted by atomic mass is 35.5. The van der Waals surface area contributed by atoms with Crippen LogP contribution in [0, 0.1) is 0 Å². The third kappa shape index (κ3) is 6.84. The Morgan fingerprint density at radius 2 is 2.04 bits per heavy atom. The van der Waals surface area contributed by atoms with Crippen molar-refractivity contribution in [1.82, 2.24) is 15.6 Å². The monoisotopic (exact) mass is 412 g/mol. The molecule has 0 spiro atoms. The Kier molecular flexibility index (Phi) is 8.74. The minimum atomic E-state index is -2.94. The molecule has 2 N–H and O–H groups in total. The zero-order chi connectivity index (χ0) is 20.4. The number of ether oxygens (including phenoxy) is 2. The number of hydrogen-bond acceptors (Lipinski definition) is 4. The van der Waals surface area contributed by atoms with Crippen molar-refractivity contribution in [3.8, 4) is 11.5 Å². The molecule has 152 valence electrons. The van der Waals surface area contributed by atoms with E-state index in [2.05, 4.69) is 25.3 Å². The molecule has 2 aromatic rings. The van der Waals surface area contributed by atoms with E-state index in [1.54, 1.807) is 37.4 Å². The van der Waals surface area contributed by atoms with E-state index in [1.807, 2.05) is 13.0 Å². The van der Waals surface area contributed by atoms with Crippen LogP contribution in [0.5, 0.6) is 11.5 Å². The van der Waals surface area contributed by atoms with E-state index < -0.39 is 6.61 Å². The Labute approximate surface area is 167 Å². The second kappa shape index (κ2) is 11.3. The number of nitrogens with one attached hydrogen (secondary N) is 2. The van der Waals surface area contributed by atoms with Crippen molar-refractivity contribution in [3.05, 3.63) is 52.8 Å². The quantitative estimate of drug-likeness (QED) is 0.370.